The molecule has 17 heavy (non-hydrogen) atoms. The van der Waals surface area contributed by atoms with Crippen LogP contribution in [0.25, 0.3) is 0 Å². The first-order valence-electron chi connectivity index (χ1n) is 6.91. The van der Waals surface area contributed by atoms with Crippen molar-refractivity contribution in [2.45, 2.75) is 19.3 Å². The van der Waals surface area contributed by atoms with Crippen LogP contribution in [0.2, 0.25) is 0 Å². The molecule has 0 aromatic carbocycles. The quantitative estimate of drug-likeness (QED) is 0.622. The molecule has 0 unspecified atom stereocenters. The lowest BCUT2D eigenvalue weighted by Gasteiger charge is -2.28. The average molecular weight is 238 g/mol. The number of nitrogens with zero attached hydrogens (tertiary/aromatic N) is 4. The summed E-state index contributed by atoms with van der Waals surface area (Å²) in [6.07, 6.45) is 3.84. The number of aliphatic imine (C=N–C) groups is 1. The minimum Gasteiger partial charge on any atom is -0.360 e. The van der Waals surface area contributed by atoms with E-state index >= 15 is 0 Å². The molecule has 2 fully saturated rings. The van der Waals surface area contributed by atoms with Crippen LogP contribution < -0.4 is 0 Å². The van der Waals surface area contributed by atoms with E-state index in [1.54, 1.807) is 0 Å². The van der Waals surface area contributed by atoms with Gasteiger partial charge in [-0.1, -0.05) is 0 Å². The Labute approximate surface area is 105 Å². The molecule has 0 N–H and O–H groups in total. The van der Waals surface area contributed by atoms with E-state index in [-0.39, 0.29) is 0 Å². The lowest BCUT2D eigenvalue weighted by atomic mass is 10.3. The van der Waals surface area contributed by atoms with Gasteiger partial charge in [0.25, 0.3) is 0 Å². The van der Waals surface area contributed by atoms with Crippen LogP contribution >= 0.6 is 0 Å². The van der Waals surface area contributed by atoms with Crippen molar-refractivity contribution in [2.75, 3.05) is 59.9 Å². The molecule has 0 bridgehead atoms. The van der Waals surface area contributed by atoms with E-state index in [0.29, 0.717) is 0 Å². The molecule has 0 saturated carbocycles. The zero-order chi connectivity index (χ0) is 12.1. The van der Waals surface area contributed by atoms with E-state index in [1.807, 2.05) is 0 Å². The van der Waals surface area contributed by atoms with E-state index in [4.69, 9.17) is 0 Å². The minimum atomic E-state index is 1.08. The van der Waals surface area contributed by atoms with Crippen molar-refractivity contribution in [1.82, 2.24) is 14.7 Å². The molecule has 4 nitrogen and oxygen atoms in total. The van der Waals surface area contributed by atoms with Crippen molar-refractivity contribution in [2.24, 2.45) is 4.99 Å². The Hall–Kier alpha value is -0.610. The molecule has 3 heterocycles. The molecule has 0 aromatic heterocycles. The highest BCUT2D eigenvalue weighted by Crippen LogP contribution is 2.14. The minimum absolute atomic E-state index is 1.08. The van der Waals surface area contributed by atoms with Gasteiger partial charge in [0.05, 0.1) is 5.84 Å². The predicted octanol–water partition coefficient (Wildman–Crippen LogP) is 0.748. The molecule has 3 aliphatic heterocycles. The fourth-order valence-corrected chi connectivity index (χ4v) is 2.51. The lowest BCUT2D eigenvalue weighted by molar-refractivity contribution is 0.181. The number of rotatable bonds is 0. The normalized spacial score (nSPS) is 26.0. The molecular formula is C13H26N4. The molecule has 0 spiro atoms. The van der Waals surface area contributed by atoms with Crippen molar-refractivity contribution >= 4 is 5.84 Å². The third kappa shape index (κ3) is 3.96. The first-order chi connectivity index (χ1) is 8.25. The molecular weight excluding hydrogens is 212 g/mol. The van der Waals surface area contributed by atoms with E-state index in [0.717, 1.165) is 6.54 Å². The SMILES string of the molecule is C1CN=C2CCCN2C1.CN1CCN(C)CC1. The largest absolute Gasteiger partial charge is 0.360 e. The smallest absolute Gasteiger partial charge is 0.0989 e. The van der Waals surface area contributed by atoms with Gasteiger partial charge in [-0.25, -0.2) is 0 Å². The number of piperazine rings is 1. The van der Waals surface area contributed by atoms with Crippen LogP contribution in [0.15, 0.2) is 4.99 Å². The number of amidine groups is 1. The van der Waals surface area contributed by atoms with Gasteiger partial charge in [-0.3, -0.25) is 4.99 Å². The summed E-state index contributed by atoms with van der Waals surface area (Å²) in [5.74, 6) is 1.38. The van der Waals surface area contributed by atoms with Crippen molar-refractivity contribution < 1.29 is 0 Å². The zero-order valence-corrected chi connectivity index (χ0v) is 11.4. The lowest BCUT2D eigenvalue weighted by Crippen LogP contribution is -2.42. The van der Waals surface area contributed by atoms with Gasteiger partial charge in [0.2, 0.25) is 0 Å². The zero-order valence-electron chi connectivity index (χ0n) is 11.4. The van der Waals surface area contributed by atoms with Gasteiger partial charge in [0.15, 0.2) is 0 Å². The van der Waals surface area contributed by atoms with Crippen molar-refractivity contribution in [1.29, 1.82) is 0 Å². The molecule has 0 radical (unpaired) electrons. The van der Waals surface area contributed by atoms with E-state index in [9.17, 15) is 0 Å². The Balaban J connectivity index is 0.000000128. The molecule has 0 aliphatic carbocycles. The second-order valence-corrected chi connectivity index (χ2v) is 5.35. The number of likely N-dealkylation sites (N-methyl/N-ethyl adjacent to an activating group) is 2. The first-order valence-corrected chi connectivity index (χ1v) is 6.91. The monoisotopic (exact) mass is 238 g/mol. The van der Waals surface area contributed by atoms with Crippen LogP contribution in [-0.4, -0.2) is 80.4 Å². The van der Waals surface area contributed by atoms with Gasteiger partial charge in [-0.2, -0.15) is 0 Å². The first kappa shape index (κ1) is 12.8. The van der Waals surface area contributed by atoms with E-state index in [1.165, 1.54) is 64.4 Å². The average Bonchev–Trinajstić information content (AvgIpc) is 2.82. The topological polar surface area (TPSA) is 22.1 Å². The van der Waals surface area contributed by atoms with E-state index in [2.05, 4.69) is 33.8 Å². The standard InChI is InChI=1S/C7H12N2.C6H14N2/c1-3-7-8-4-2-6-9(7)5-1;1-7-3-5-8(2)6-4-7/h1-6H2;3-6H2,1-2H3. The summed E-state index contributed by atoms with van der Waals surface area (Å²) in [5.41, 5.74) is 0. The van der Waals surface area contributed by atoms with Crippen LogP contribution in [0.3, 0.4) is 0 Å². The Bertz CT molecular complexity index is 246. The molecule has 3 rings (SSSR count). The molecule has 4 heteroatoms. The summed E-state index contributed by atoms with van der Waals surface area (Å²) in [4.78, 5) is 11.6. The van der Waals surface area contributed by atoms with Crippen LogP contribution in [0.5, 0.6) is 0 Å². The number of hydrogen-bond donors (Lipinski definition) is 0. The van der Waals surface area contributed by atoms with Crippen molar-refractivity contribution in [3.05, 3.63) is 0 Å². The molecule has 0 aromatic rings. The number of fused-ring (bicyclic) bond motifs is 1. The Morgan fingerprint density at radius 3 is 2.00 bits per heavy atom. The Morgan fingerprint density at radius 1 is 0.824 bits per heavy atom. The summed E-state index contributed by atoms with van der Waals surface area (Å²) < 4.78 is 0. The maximum atomic E-state index is 4.43. The van der Waals surface area contributed by atoms with E-state index < -0.39 is 0 Å². The molecule has 0 amide bonds. The summed E-state index contributed by atoms with van der Waals surface area (Å²) >= 11 is 0. The van der Waals surface area contributed by atoms with Gasteiger partial charge in [-0.15, -0.1) is 0 Å². The van der Waals surface area contributed by atoms with Crippen molar-refractivity contribution in [3.8, 4) is 0 Å². The second kappa shape index (κ2) is 6.36. The third-order valence-corrected chi connectivity index (χ3v) is 3.80. The molecule has 98 valence electrons. The van der Waals surface area contributed by atoms with Crippen LogP contribution in [-0.2, 0) is 0 Å². The van der Waals surface area contributed by atoms with Gasteiger partial charge >= 0.3 is 0 Å². The van der Waals surface area contributed by atoms with Crippen LogP contribution in [0.4, 0.5) is 0 Å². The van der Waals surface area contributed by atoms with Crippen molar-refractivity contribution in [3.63, 3.8) is 0 Å². The Kier molecular flexibility index (Phi) is 4.80. The summed E-state index contributed by atoms with van der Waals surface area (Å²) in [7, 11) is 4.35. The fourth-order valence-electron chi connectivity index (χ4n) is 2.51. The van der Waals surface area contributed by atoms with Gasteiger partial charge in [-0.05, 0) is 26.9 Å². The predicted molar refractivity (Wildman–Crippen MR) is 72.7 cm³/mol. The fraction of sp³-hybridized carbons (Fsp3) is 0.923. The van der Waals surface area contributed by atoms with Gasteiger partial charge in [0, 0.05) is 52.2 Å². The molecule has 3 aliphatic rings. The maximum Gasteiger partial charge on any atom is 0.0989 e. The highest BCUT2D eigenvalue weighted by molar-refractivity contribution is 5.84. The van der Waals surface area contributed by atoms with Crippen LogP contribution in [0, 0.1) is 0 Å². The Morgan fingerprint density at radius 2 is 1.41 bits per heavy atom. The van der Waals surface area contributed by atoms with Gasteiger partial charge in [0.1, 0.15) is 0 Å². The second-order valence-electron chi connectivity index (χ2n) is 5.35. The highest BCUT2D eigenvalue weighted by Gasteiger charge is 2.19. The number of hydrogen-bond acceptors (Lipinski definition) is 4. The summed E-state index contributed by atoms with van der Waals surface area (Å²) in [6, 6.07) is 0. The van der Waals surface area contributed by atoms with Gasteiger partial charge < -0.3 is 14.7 Å². The summed E-state index contributed by atoms with van der Waals surface area (Å²) in [6.45, 7) is 8.53. The highest BCUT2D eigenvalue weighted by atomic mass is 15.2. The summed E-state index contributed by atoms with van der Waals surface area (Å²) in [5, 5.41) is 0. The maximum absolute atomic E-state index is 4.43. The van der Waals surface area contributed by atoms with Crippen LogP contribution in [0.1, 0.15) is 19.3 Å². The molecule has 2 saturated heterocycles. The third-order valence-electron chi connectivity index (χ3n) is 3.80. The molecule has 0 atom stereocenters.